The van der Waals surface area contributed by atoms with Crippen LogP contribution in [0.5, 0.6) is 0 Å². The number of aliphatic hydroxyl groups excluding tert-OH is 1. The van der Waals surface area contributed by atoms with Crippen molar-refractivity contribution in [2.45, 2.75) is 40.2 Å². The third kappa shape index (κ3) is 4.09. The van der Waals surface area contributed by atoms with Crippen molar-refractivity contribution < 1.29 is 9.90 Å². The minimum Gasteiger partial charge on any atom is -0.396 e. The van der Waals surface area contributed by atoms with Crippen molar-refractivity contribution >= 4 is 17.2 Å². The van der Waals surface area contributed by atoms with Gasteiger partial charge in [0.05, 0.1) is 11.2 Å². The molecule has 0 saturated carbocycles. The van der Waals surface area contributed by atoms with Crippen LogP contribution in [-0.4, -0.2) is 28.6 Å². The average molecular weight is 256 g/mol. The Balaban J connectivity index is 2.71. The third-order valence-corrected chi connectivity index (χ3v) is 3.53. The molecule has 0 aliphatic carbocycles. The summed E-state index contributed by atoms with van der Waals surface area (Å²) in [6.07, 6.45) is 2.15. The number of aryl methyl sites for hydroxylation is 1. The minimum atomic E-state index is -0.107. The van der Waals surface area contributed by atoms with Crippen LogP contribution in [-0.2, 0) is 0 Å². The molecule has 2 N–H and O–H groups in total. The van der Waals surface area contributed by atoms with Gasteiger partial charge in [-0.25, -0.2) is 4.98 Å². The molecule has 0 saturated heterocycles. The Morgan fingerprint density at radius 1 is 1.59 bits per heavy atom. The summed E-state index contributed by atoms with van der Waals surface area (Å²) in [5.74, 6) is -0.107. The Labute approximate surface area is 106 Å². The SMILES string of the molecule is Cc1ncc(C(=O)NC(CCO)C(C)(C)C)s1. The molecule has 1 heterocycles. The highest BCUT2D eigenvalue weighted by Gasteiger charge is 2.26. The lowest BCUT2D eigenvalue weighted by atomic mass is 9.85. The van der Waals surface area contributed by atoms with E-state index in [-0.39, 0.29) is 24.0 Å². The average Bonchev–Trinajstić information content (AvgIpc) is 2.62. The lowest BCUT2D eigenvalue weighted by molar-refractivity contribution is 0.0889. The standard InChI is InChI=1S/C12H20N2O2S/c1-8-13-7-9(17-8)11(16)14-10(5-6-15)12(2,3)4/h7,10,15H,5-6H2,1-4H3,(H,14,16). The van der Waals surface area contributed by atoms with Crippen LogP contribution >= 0.6 is 11.3 Å². The molecule has 0 aromatic carbocycles. The minimum absolute atomic E-state index is 0.0394. The highest BCUT2D eigenvalue weighted by molar-refractivity contribution is 7.13. The number of nitrogens with one attached hydrogen (secondary N) is 1. The number of rotatable bonds is 4. The molecule has 0 bridgehead atoms. The monoisotopic (exact) mass is 256 g/mol. The number of thiazole rings is 1. The first-order valence-corrected chi connectivity index (χ1v) is 6.50. The maximum Gasteiger partial charge on any atom is 0.263 e. The van der Waals surface area contributed by atoms with Crippen LogP contribution in [0.15, 0.2) is 6.20 Å². The van der Waals surface area contributed by atoms with Gasteiger partial charge >= 0.3 is 0 Å². The van der Waals surface area contributed by atoms with Gasteiger partial charge in [-0.3, -0.25) is 4.79 Å². The molecule has 17 heavy (non-hydrogen) atoms. The first-order chi connectivity index (χ1) is 7.84. The third-order valence-electron chi connectivity index (χ3n) is 2.61. The summed E-state index contributed by atoms with van der Waals surface area (Å²) in [6.45, 7) is 8.09. The molecule has 4 nitrogen and oxygen atoms in total. The van der Waals surface area contributed by atoms with E-state index in [9.17, 15) is 4.79 Å². The zero-order valence-corrected chi connectivity index (χ0v) is 11.6. The van der Waals surface area contributed by atoms with Crippen molar-refractivity contribution in [3.8, 4) is 0 Å². The zero-order valence-electron chi connectivity index (χ0n) is 10.8. The molecule has 0 fully saturated rings. The maximum absolute atomic E-state index is 12.0. The summed E-state index contributed by atoms with van der Waals surface area (Å²) in [6, 6.07) is -0.0394. The number of hydrogen-bond acceptors (Lipinski definition) is 4. The summed E-state index contributed by atoms with van der Waals surface area (Å²) in [7, 11) is 0. The molecule has 0 aliphatic rings. The van der Waals surface area contributed by atoms with Crippen LogP contribution in [0.4, 0.5) is 0 Å². The van der Waals surface area contributed by atoms with Crippen LogP contribution in [0.25, 0.3) is 0 Å². The Morgan fingerprint density at radius 2 is 2.24 bits per heavy atom. The molecule has 0 spiro atoms. The molecule has 5 heteroatoms. The number of carbonyl (C=O) groups excluding carboxylic acids is 1. The number of carbonyl (C=O) groups is 1. The molecule has 1 unspecified atom stereocenters. The number of amides is 1. The topological polar surface area (TPSA) is 62.2 Å². The Morgan fingerprint density at radius 3 is 2.65 bits per heavy atom. The van der Waals surface area contributed by atoms with E-state index in [0.29, 0.717) is 11.3 Å². The second-order valence-electron chi connectivity index (χ2n) is 5.15. The largest absolute Gasteiger partial charge is 0.396 e. The van der Waals surface area contributed by atoms with Crippen LogP contribution in [0, 0.1) is 12.3 Å². The summed E-state index contributed by atoms with van der Waals surface area (Å²) >= 11 is 1.38. The predicted octanol–water partition coefficient (Wildman–Crippen LogP) is 1.98. The molecule has 1 rings (SSSR count). The highest BCUT2D eigenvalue weighted by atomic mass is 32.1. The van der Waals surface area contributed by atoms with E-state index in [1.165, 1.54) is 11.3 Å². The highest BCUT2D eigenvalue weighted by Crippen LogP contribution is 2.22. The summed E-state index contributed by atoms with van der Waals surface area (Å²) in [5, 5.41) is 12.9. The van der Waals surface area contributed by atoms with E-state index in [1.807, 2.05) is 27.7 Å². The van der Waals surface area contributed by atoms with Gasteiger partial charge in [-0.15, -0.1) is 11.3 Å². The molecular weight excluding hydrogens is 236 g/mol. The van der Waals surface area contributed by atoms with Crippen molar-refractivity contribution in [3.05, 3.63) is 16.1 Å². The fraction of sp³-hybridized carbons (Fsp3) is 0.667. The second kappa shape index (κ2) is 5.60. The van der Waals surface area contributed by atoms with E-state index in [0.717, 1.165) is 5.01 Å². The molecule has 96 valence electrons. The summed E-state index contributed by atoms with van der Waals surface area (Å²) in [5.41, 5.74) is -0.0713. The zero-order chi connectivity index (χ0) is 13.1. The lowest BCUT2D eigenvalue weighted by Gasteiger charge is -2.30. The molecule has 1 aromatic heterocycles. The first-order valence-electron chi connectivity index (χ1n) is 5.68. The maximum atomic E-state index is 12.0. The smallest absolute Gasteiger partial charge is 0.263 e. The van der Waals surface area contributed by atoms with E-state index >= 15 is 0 Å². The second-order valence-corrected chi connectivity index (χ2v) is 6.38. The first kappa shape index (κ1) is 14.1. The molecule has 1 amide bonds. The van der Waals surface area contributed by atoms with Crippen LogP contribution in [0.2, 0.25) is 0 Å². The van der Waals surface area contributed by atoms with Gasteiger partial charge in [-0.2, -0.15) is 0 Å². The van der Waals surface area contributed by atoms with Crippen LogP contribution in [0.3, 0.4) is 0 Å². The van der Waals surface area contributed by atoms with Crippen molar-refractivity contribution in [1.29, 1.82) is 0 Å². The van der Waals surface area contributed by atoms with E-state index in [2.05, 4.69) is 10.3 Å². The molecule has 0 radical (unpaired) electrons. The normalized spacial score (nSPS) is 13.5. The van der Waals surface area contributed by atoms with Gasteiger partial charge in [-0.05, 0) is 18.8 Å². The summed E-state index contributed by atoms with van der Waals surface area (Å²) in [4.78, 5) is 16.6. The van der Waals surface area contributed by atoms with E-state index in [1.54, 1.807) is 6.20 Å². The summed E-state index contributed by atoms with van der Waals surface area (Å²) < 4.78 is 0. The van der Waals surface area contributed by atoms with Crippen LogP contribution in [0.1, 0.15) is 41.9 Å². The fourth-order valence-electron chi connectivity index (χ4n) is 1.55. The van der Waals surface area contributed by atoms with Gasteiger partial charge in [0, 0.05) is 12.6 Å². The van der Waals surface area contributed by atoms with Crippen molar-refractivity contribution in [2.75, 3.05) is 6.61 Å². The Hall–Kier alpha value is -0.940. The van der Waals surface area contributed by atoms with Gasteiger partial charge in [-0.1, -0.05) is 20.8 Å². The molecule has 1 aromatic rings. The van der Waals surface area contributed by atoms with Gasteiger partial charge < -0.3 is 10.4 Å². The van der Waals surface area contributed by atoms with Gasteiger partial charge in [0.1, 0.15) is 4.88 Å². The Kier molecular flexibility index (Phi) is 4.65. The lowest BCUT2D eigenvalue weighted by Crippen LogP contribution is -2.44. The van der Waals surface area contributed by atoms with E-state index in [4.69, 9.17) is 5.11 Å². The quantitative estimate of drug-likeness (QED) is 0.866. The van der Waals surface area contributed by atoms with E-state index < -0.39 is 0 Å². The molecular formula is C12H20N2O2S. The van der Waals surface area contributed by atoms with Crippen molar-refractivity contribution in [1.82, 2.24) is 10.3 Å². The Bertz CT molecular complexity index is 382. The van der Waals surface area contributed by atoms with Crippen LogP contribution < -0.4 is 5.32 Å². The number of nitrogens with zero attached hydrogens (tertiary/aromatic N) is 1. The van der Waals surface area contributed by atoms with Crippen molar-refractivity contribution in [2.24, 2.45) is 5.41 Å². The fourth-order valence-corrected chi connectivity index (χ4v) is 2.23. The van der Waals surface area contributed by atoms with Gasteiger partial charge in [0.2, 0.25) is 0 Å². The van der Waals surface area contributed by atoms with Crippen molar-refractivity contribution in [3.63, 3.8) is 0 Å². The van der Waals surface area contributed by atoms with Gasteiger partial charge in [0.15, 0.2) is 0 Å². The number of aliphatic hydroxyl groups is 1. The molecule has 1 atom stereocenters. The number of hydrogen-bond donors (Lipinski definition) is 2. The van der Waals surface area contributed by atoms with Gasteiger partial charge in [0.25, 0.3) is 5.91 Å². The number of aromatic nitrogens is 1. The molecule has 0 aliphatic heterocycles. The predicted molar refractivity (Wildman–Crippen MR) is 69.3 cm³/mol.